The molecule has 0 radical (unpaired) electrons. The number of amides is 2. The first-order valence-corrected chi connectivity index (χ1v) is 13.4. The van der Waals surface area contributed by atoms with Crippen molar-refractivity contribution in [1.29, 1.82) is 0 Å². The molecule has 1 saturated heterocycles. The molecule has 2 aliphatic heterocycles. The van der Waals surface area contributed by atoms with Crippen LogP contribution >= 0.6 is 11.6 Å². The van der Waals surface area contributed by atoms with E-state index in [1.807, 2.05) is 30.3 Å². The minimum atomic E-state index is -0.702. The van der Waals surface area contributed by atoms with Crippen molar-refractivity contribution in [2.75, 3.05) is 13.2 Å². The number of halogens is 2. The number of hydrogen-bond donors (Lipinski definition) is 1. The summed E-state index contributed by atoms with van der Waals surface area (Å²) in [6.45, 7) is 0.922. The Morgan fingerprint density at radius 1 is 1.13 bits per heavy atom. The van der Waals surface area contributed by atoms with Gasteiger partial charge in [-0.05, 0) is 37.3 Å². The summed E-state index contributed by atoms with van der Waals surface area (Å²) in [6.07, 6.45) is 4.03. The number of aromatic nitrogens is 1. The second-order valence-corrected chi connectivity index (χ2v) is 10.5. The quantitative estimate of drug-likeness (QED) is 0.495. The van der Waals surface area contributed by atoms with Crippen LogP contribution in [0.5, 0.6) is 5.75 Å². The van der Waals surface area contributed by atoms with Crippen molar-refractivity contribution in [1.82, 2.24) is 14.8 Å². The molecule has 2 fully saturated rings. The zero-order chi connectivity index (χ0) is 27.1. The summed E-state index contributed by atoms with van der Waals surface area (Å²) < 4.78 is 28.3. The Bertz CT molecular complexity index is 1500. The van der Waals surface area contributed by atoms with Crippen molar-refractivity contribution in [3.05, 3.63) is 98.2 Å². The van der Waals surface area contributed by atoms with Crippen LogP contribution in [0.3, 0.4) is 0 Å². The molecule has 2 aromatic carbocycles. The lowest BCUT2D eigenvalue weighted by Gasteiger charge is -2.43. The Morgan fingerprint density at radius 3 is 2.69 bits per heavy atom. The van der Waals surface area contributed by atoms with Crippen LogP contribution in [0.15, 0.2) is 59.5 Å². The van der Waals surface area contributed by atoms with Gasteiger partial charge < -0.3 is 24.3 Å². The van der Waals surface area contributed by atoms with E-state index in [4.69, 9.17) is 21.1 Å². The molecule has 3 aliphatic rings. The molecule has 2 amide bonds. The van der Waals surface area contributed by atoms with Gasteiger partial charge in [-0.25, -0.2) is 4.39 Å². The molecule has 0 bridgehead atoms. The fourth-order valence-corrected chi connectivity index (χ4v) is 5.63. The zero-order valence-electron chi connectivity index (χ0n) is 21.1. The number of carbonyl (C=O) groups excluding carboxylic acids is 2. The maximum absolute atomic E-state index is 14.4. The van der Waals surface area contributed by atoms with Gasteiger partial charge in [0.25, 0.3) is 11.8 Å². The standard InChI is InChI=1S/C29H27ClFN3O5/c30-21-10-6-9-19(22(21)31)15-32-26(36)20-16-34-23(25(24(20)35)39-17-18-7-2-1-3-8-18)27(37)33-13-4-5-14-38-28(33)29(34)11-12-29/h1-3,6-10,16,28H,4-5,11-15,17H2,(H,32,36). The van der Waals surface area contributed by atoms with Gasteiger partial charge in [-0.1, -0.05) is 54.1 Å². The summed E-state index contributed by atoms with van der Waals surface area (Å²) in [5.41, 5.74) is -0.342. The van der Waals surface area contributed by atoms with E-state index in [-0.39, 0.29) is 46.7 Å². The smallest absolute Gasteiger partial charge is 0.276 e. The molecule has 8 nitrogen and oxygen atoms in total. The van der Waals surface area contributed by atoms with E-state index in [9.17, 15) is 18.8 Å². The highest BCUT2D eigenvalue weighted by Gasteiger charge is 2.60. The van der Waals surface area contributed by atoms with Gasteiger partial charge in [-0.15, -0.1) is 0 Å². The largest absolute Gasteiger partial charge is 0.483 e. The number of ether oxygens (including phenoxy) is 2. The molecule has 3 heterocycles. The number of rotatable bonds is 6. The predicted octanol–water partition coefficient (Wildman–Crippen LogP) is 4.23. The third-order valence-electron chi connectivity index (χ3n) is 7.62. The summed E-state index contributed by atoms with van der Waals surface area (Å²) >= 11 is 5.87. The van der Waals surface area contributed by atoms with Gasteiger partial charge in [0.15, 0.2) is 17.7 Å². The number of hydrogen-bond acceptors (Lipinski definition) is 5. The number of fused-ring (bicyclic) bond motifs is 4. The van der Waals surface area contributed by atoms with E-state index in [1.165, 1.54) is 18.3 Å². The normalized spacial score (nSPS) is 19.2. The van der Waals surface area contributed by atoms with Crippen LogP contribution in [0.25, 0.3) is 0 Å². The second kappa shape index (κ2) is 10.1. The van der Waals surface area contributed by atoms with E-state index in [0.29, 0.717) is 13.2 Å². The SMILES string of the molecule is O=C(NCc1cccc(Cl)c1F)c1cn2c(c(OCc3ccccc3)c1=O)C(=O)N1CCCCOC1C21CC1. The molecule has 1 atom stereocenters. The molecule has 39 heavy (non-hydrogen) atoms. The van der Waals surface area contributed by atoms with E-state index in [0.717, 1.165) is 31.2 Å². The lowest BCUT2D eigenvalue weighted by Crippen LogP contribution is -2.57. The van der Waals surface area contributed by atoms with Crippen molar-refractivity contribution in [2.24, 2.45) is 0 Å². The summed E-state index contributed by atoms with van der Waals surface area (Å²) in [7, 11) is 0. The van der Waals surface area contributed by atoms with Crippen molar-refractivity contribution >= 4 is 23.4 Å². The molecule has 1 unspecified atom stereocenters. The Balaban J connectivity index is 1.42. The summed E-state index contributed by atoms with van der Waals surface area (Å²) in [5, 5.41) is 2.56. The predicted molar refractivity (Wildman–Crippen MR) is 141 cm³/mol. The summed E-state index contributed by atoms with van der Waals surface area (Å²) in [5.74, 6) is -1.86. The van der Waals surface area contributed by atoms with E-state index in [1.54, 1.807) is 15.5 Å². The van der Waals surface area contributed by atoms with Crippen LogP contribution in [-0.2, 0) is 23.4 Å². The molecule has 10 heteroatoms. The van der Waals surface area contributed by atoms with Gasteiger partial charge in [0.05, 0.1) is 10.6 Å². The maximum atomic E-state index is 14.4. The van der Waals surface area contributed by atoms with Crippen LogP contribution in [0.1, 0.15) is 57.7 Å². The number of carbonyl (C=O) groups is 2. The minimum Gasteiger partial charge on any atom is -0.483 e. The first-order chi connectivity index (χ1) is 18.9. The lowest BCUT2D eigenvalue weighted by molar-refractivity contribution is -0.0803. The van der Waals surface area contributed by atoms with Gasteiger partial charge in [0.2, 0.25) is 5.43 Å². The van der Waals surface area contributed by atoms with Crippen molar-refractivity contribution in [3.63, 3.8) is 0 Å². The van der Waals surface area contributed by atoms with Crippen molar-refractivity contribution in [2.45, 2.75) is 50.6 Å². The topological polar surface area (TPSA) is 89.9 Å². The second-order valence-electron chi connectivity index (χ2n) is 10.1. The maximum Gasteiger partial charge on any atom is 0.276 e. The van der Waals surface area contributed by atoms with Gasteiger partial charge in [0.1, 0.15) is 18.0 Å². The van der Waals surface area contributed by atoms with E-state index >= 15 is 0 Å². The number of benzene rings is 2. The zero-order valence-corrected chi connectivity index (χ0v) is 21.9. The fourth-order valence-electron chi connectivity index (χ4n) is 5.43. The van der Waals surface area contributed by atoms with Gasteiger partial charge in [0, 0.05) is 31.5 Å². The third-order valence-corrected chi connectivity index (χ3v) is 7.92. The lowest BCUT2D eigenvalue weighted by atomic mass is 10.0. The Kier molecular flexibility index (Phi) is 6.64. The average molecular weight is 552 g/mol. The van der Waals surface area contributed by atoms with Crippen LogP contribution in [-0.4, -0.2) is 40.7 Å². The highest BCUT2D eigenvalue weighted by molar-refractivity contribution is 6.30. The molecule has 1 aromatic heterocycles. The highest BCUT2D eigenvalue weighted by Crippen LogP contribution is 2.53. The summed E-state index contributed by atoms with van der Waals surface area (Å²) in [4.78, 5) is 42.6. The molecule has 202 valence electrons. The Morgan fingerprint density at radius 2 is 1.92 bits per heavy atom. The molecule has 1 N–H and O–H groups in total. The average Bonchev–Trinajstić information content (AvgIpc) is 3.76. The number of pyridine rings is 1. The minimum absolute atomic E-state index is 0.0437. The van der Waals surface area contributed by atoms with Crippen LogP contribution < -0.4 is 15.5 Å². The van der Waals surface area contributed by atoms with Crippen molar-refractivity contribution < 1.29 is 23.5 Å². The Hall–Kier alpha value is -3.69. The molecular formula is C29H27ClFN3O5. The van der Waals surface area contributed by atoms with E-state index < -0.39 is 28.9 Å². The van der Waals surface area contributed by atoms with Gasteiger partial charge in [-0.3, -0.25) is 14.4 Å². The number of nitrogens with one attached hydrogen (secondary N) is 1. The fraction of sp³-hybridized carbons (Fsp3) is 0.345. The summed E-state index contributed by atoms with van der Waals surface area (Å²) in [6, 6.07) is 13.8. The van der Waals surface area contributed by atoms with Gasteiger partial charge in [-0.2, -0.15) is 0 Å². The van der Waals surface area contributed by atoms with Crippen LogP contribution in [0, 0.1) is 5.82 Å². The van der Waals surface area contributed by atoms with Crippen LogP contribution in [0.4, 0.5) is 4.39 Å². The van der Waals surface area contributed by atoms with Gasteiger partial charge >= 0.3 is 0 Å². The third kappa shape index (κ3) is 4.49. The molecule has 1 aliphatic carbocycles. The number of nitrogens with zero attached hydrogens (tertiary/aromatic N) is 2. The molecule has 3 aromatic rings. The first kappa shape index (κ1) is 25.6. The monoisotopic (exact) mass is 551 g/mol. The highest BCUT2D eigenvalue weighted by atomic mass is 35.5. The van der Waals surface area contributed by atoms with E-state index in [2.05, 4.69) is 5.32 Å². The molecule has 1 saturated carbocycles. The Labute approximate surface area is 229 Å². The molecular weight excluding hydrogens is 525 g/mol. The van der Waals surface area contributed by atoms with Crippen molar-refractivity contribution in [3.8, 4) is 5.75 Å². The molecule has 1 spiro atoms. The van der Waals surface area contributed by atoms with Crippen LogP contribution in [0.2, 0.25) is 5.02 Å². The molecule has 6 rings (SSSR count). The first-order valence-electron chi connectivity index (χ1n) is 13.0.